The van der Waals surface area contributed by atoms with Crippen LogP contribution in [0.3, 0.4) is 0 Å². The molecule has 0 bridgehead atoms. The molecule has 1 aliphatic heterocycles. The van der Waals surface area contributed by atoms with E-state index in [0.29, 0.717) is 16.8 Å². The second-order valence-electron chi connectivity index (χ2n) is 6.33. The minimum absolute atomic E-state index is 0.0222. The SMILES string of the molecule is CC(=O)c1cccc(NC(=O)c2ccc(C[NH+]3CCOCC3)cc2)c1. The highest BCUT2D eigenvalue weighted by Crippen LogP contribution is 2.13. The van der Waals surface area contributed by atoms with Gasteiger partial charge in [0.15, 0.2) is 5.78 Å². The summed E-state index contributed by atoms with van der Waals surface area (Å²) in [6.07, 6.45) is 0. The highest BCUT2D eigenvalue weighted by atomic mass is 16.5. The fourth-order valence-electron chi connectivity index (χ4n) is 2.92. The summed E-state index contributed by atoms with van der Waals surface area (Å²) in [5, 5.41) is 2.84. The minimum Gasteiger partial charge on any atom is -0.370 e. The van der Waals surface area contributed by atoms with Crippen molar-refractivity contribution in [2.24, 2.45) is 0 Å². The Morgan fingerprint density at radius 3 is 2.44 bits per heavy atom. The van der Waals surface area contributed by atoms with Gasteiger partial charge < -0.3 is 15.0 Å². The van der Waals surface area contributed by atoms with Crippen molar-refractivity contribution in [2.75, 3.05) is 31.6 Å². The van der Waals surface area contributed by atoms with Crippen LogP contribution in [0.5, 0.6) is 0 Å². The fourth-order valence-corrected chi connectivity index (χ4v) is 2.92. The first-order chi connectivity index (χ1) is 12.1. The first-order valence-electron chi connectivity index (χ1n) is 8.54. The van der Waals surface area contributed by atoms with Crippen LogP contribution in [-0.2, 0) is 11.3 Å². The van der Waals surface area contributed by atoms with E-state index in [-0.39, 0.29) is 11.7 Å². The topological polar surface area (TPSA) is 59.8 Å². The molecule has 0 aliphatic carbocycles. The molecule has 2 aromatic carbocycles. The molecule has 0 aromatic heterocycles. The number of carbonyl (C=O) groups is 2. The molecule has 25 heavy (non-hydrogen) atoms. The number of anilines is 1. The molecule has 1 amide bonds. The summed E-state index contributed by atoms with van der Waals surface area (Å²) in [6, 6.07) is 14.7. The summed E-state index contributed by atoms with van der Waals surface area (Å²) >= 11 is 0. The molecule has 5 heteroatoms. The Labute approximate surface area is 147 Å². The molecule has 0 radical (unpaired) electrons. The third kappa shape index (κ3) is 4.75. The lowest BCUT2D eigenvalue weighted by Gasteiger charge is -2.23. The van der Waals surface area contributed by atoms with Gasteiger partial charge in [-0.2, -0.15) is 0 Å². The van der Waals surface area contributed by atoms with E-state index in [9.17, 15) is 9.59 Å². The number of benzene rings is 2. The zero-order valence-corrected chi connectivity index (χ0v) is 14.4. The van der Waals surface area contributed by atoms with E-state index in [0.717, 1.165) is 32.8 Å². The Morgan fingerprint density at radius 1 is 1.04 bits per heavy atom. The van der Waals surface area contributed by atoms with Crippen molar-refractivity contribution < 1.29 is 19.2 Å². The predicted molar refractivity (Wildman–Crippen MR) is 96.1 cm³/mol. The smallest absolute Gasteiger partial charge is 0.255 e. The van der Waals surface area contributed by atoms with E-state index in [4.69, 9.17) is 4.74 Å². The third-order valence-electron chi connectivity index (χ3n) is 4.40. The number of quaternary nitrogens is 1. The molecule has 1 saturated heterocycles. The molecule has 2 N–H and O–H groups in total. The summed E-state index contributed by atoms with van der Waals surface area (Å²) in [7, 11) is 0. The Bertz CT molecular complexity index is 750. The molecule has 1 fully saturated rings. The largest absolute Gasteiger partial charge is 0.370 e. The molecule has 1 aliphatic rings. The van der Waals surface area contributed by atoms with Gasteiger partial charge in [0.1, 0.15) is 19.6 Å². The van der Waals surface area contributed by atoms with Gasteiger partial charge in [0, 0.05) is 22.4 Å². The zero-order chi connectivity index (χ0) is 17.6. The van der Waals surface area contributed by atoms with Crippen molar-refractivity contribution >= 4 is 17.4 Å². The van der Waals surface area contributed by atoms with Crippen molar-refractivity contribution in [1.29, 1.82) is 0 Å². The normalized spacial score (nSPS) is 14.9. The maximum atomic E-state index is 12.4. The van der Waals surface area contributed by atoms with Gasteiger partial charge in [0.25, 0.3) is 5.91 Å². The lowest BCUT2D eigenvalue weighted by molar-refractivity contribution is -0.921. The van der Waals surface area contributed by atoms with Crippen LogP contribution < -0.4 is 10.2 Å². The second-order valence-corrected chi connectivity index (χ2v) is 6.33. The number of carbonyl (C=O) groups excluding carboxylic acids is 2. The quantitative estimate of drug-likeness (QED) is 0.813. The van der Waals surface area contributed by atoms with Crippen LogP contribution in [-0.4, -0.2) is 38.0 Å². The second kappa shape index (κ2) is 8.05. The summed E-state index contributed by atoms with van der Waals surface area (Å²) < 4.78 is 5.37. The average molecular weight is 339 g/mol. The molecule has 0 atom stereocenters. The number of ether oxygens (including phenoxy) is 1. The van der Waals surface area contributed by atoms with Crippen LogP contribution >= 0.6 is 0 Å². The minimum atomic E-state index is -0.175. The van der Waals surface area contributed by atoms with E-state index in [1.165, 1.54) is 17.4 Å². The predicted octanol–water partition coefficient (Wildman–Crippen LogP) is 1.56. The highest BCUT2D eigenvalue weighted by Gasteiger charge is 2.14. The van der Waals surface area contributed by atoms with Crippen molar-refractivity contribution in [3.05, 3.63) is 65.2 Å². The standard InChI is InChI=1S/C20H22N2O3/c1-15(23)18-3-2-4-19(13-18)21-20(24)17-7-5-16(6-8-17)14-22-9-11-25-12-10-22/h2-8,13H,9-12,14H2,1H3,(H,21,24)/p+1. The van der Waals surface area contributed by atoms with Crippen LogP contribution in [0.25, 0.3) is 0 Å². The summed E-state index contributed by atoms with van der Waals surface area (Å²) in [5.41, 5.74) is 3.03. The zero-order valence-electron chi connectivity index (χ0n) is 14.4. The molecule has 130 valence electrons. The number of hydrogen-bond acceptors (Lipinski definition) is 3. The number of ketones is 1. The van der Waals surface area contributed by atoms with Gasteiger partial charge in [-0.3, -0.25) is 9.59 Å². The van der Waals surface area contributed by atoms with Crippen molar-refractivity contribution in [3.8, 4) is 0 Å². The molecule has 3 rings (SSSR count). The maximum Gasteiger partial charge on any atom is 0.255 e. The van der Waals surface area contributed by atoms with Crippen LogP contribution in [0.15, 0.2) is 48.5 Å². The molecule has 1 heterocycles. The summed E-state index contributed by atoms with van der Waals surface area (Å²) in [4.78, 5) is 25.3. The van der Waals surface area contributed by atoms with Crippen LogP contribution in [0, 0.1) is 0 Å². The molecule has 0 saturated carbocycles. The summed E-state index contributed by atoms with van der Waals surface area (Å²) in [5.74, 6) is -0.197. The van der Waals surface area contributed by atoms with Crippen molar-refractivity contribution in [3.63, 3.8) is 0 Å². The number of rotatable bonds is 5. The third-order valence-corrected chi connectivity index (χ3v) is 4.40. The van der Waals surface area contributed by atoms with E-state index >= 15 is 0 Å². The van der Waals surface area contributed by atoms with Crippen LogP contribution in [0.2, 0.25) is 0 Å². The number of nitrogens with one attached hydrogen (secondary N) is 2. The number of Topliss-reactive ketones (excluding diaryl/α,β-unsaturated/α-hetero) is 1. The lowest BCUT2D eigenvalue weighted by Crippen LogP contribution is -3.12. The first-order valence-corrected chi connectivity index (χ1v) is 8.54. The Kier molecular flexibility index (Phi) is 5.58. The van der Waals surface area contributed by atoms with Gasteiger partial charge >= 0.3 is 0 Å². The number of morpholine rings is 1. The fraction of sp³-hybridized carbons (Fsp3) is 0.300. The van der Waals surface area contributed by atoms with Gasteiger partial charge in [0.2, 0.25) is 0 Å². The van der Waals surface area contributed by atoms with Gasteiger partial charge in [-0.05, 0) is 31.2 Å². The maximum absolute atomic E-state index is 12.4. The van der Waals surface area contributed by atoms with Crippen LogP contribution in [0.4, 0.5) is 5.69 Å². The Hall–Kier alpha value is -2.50. The van der Waals surface area contributed by atoms with Gasteiger partial charge in [0.05, 0.1) is 13.2 Å². The van der Waals surface area contributed by atoms with Crippen LogP contribution in [0.1, 0.15) is 33.2 Å². The molecule has 2 aromatic rings. The molecular formula is C20H23N2O3+. The monoisotopic (exact) mass is 339 g/mol. The van der Waals surface area contributed by atoms with Gasteiger partial charge in [-0.15, -0.1) is 0 Å². The van der Waals surface area contributed by atoms with Gasteiger partial charge in [-0.25, -0.2) is 0 Å². The van der Waals surface area contributed by atoms with E-state index in [1.54, 1.807) is 24.3 Å². The van der Waals surface area contributed by atoms with E-state index in [1.807, 2.05) is 24.3 Å². The van der Waals surface area contributed by atoms with E-state index in [2.05, 4.69) is 5.32 Å². The first kappa shape index (κ1) is 17.3. The molecule has 0 spiro atoms. The van der Waals surface area contributed by atoms with Crippen molar-refractivity contribution in [2.45, 2.75) is 13.5 Å². The number of hydrogen-bond donors (Lipinski definition) is 2. The lowest BCUT2D eigenvalue weighted by atomic mass is 10.1. The van der Waals surface area contributed by atoms with Gasteiger partial charge in [-0.1, -0.05) is 24.3 Å². The van der Waals surface area contributed by atoms with Crippen molar-refractivity contribution in [1.82, 2.24) is 0 Å². The van der Waals surface area contributed by atoms with E-state index < -0.39 is 0 Å². The highest BCUT2D eigenvalue weighted by molar-refractivity contribution is 6.05. The average Bonchev–Trinajstić information content (AvgIpc) is 2.63. The number of amides is 1. The molecular weight excluding hydrogens is 316 g/mol. The Balaban J connectivity index is 1.62. The molecule has 0 unspecified atom stereocenters. The Morgan fingerprint density at radius 2 is 1.76 bits per heavy atom. The summed E-state index contributed by atoms with van der Waals surface area (Å²) in [6.45, 7) is 6.13. The molecule has 5 nitrogen and oxygen atoms in total.